The second-order valence-electron chi connectivity index (χ2n) is 7.72. The molecule has 3 heterocycles. The van der Waals surface area contributed by atoms with Gasteiger partial charge in [-0.1, -0.05) is 0 Å². The molecule has 2 aromatic heterocycles. The van der Waals surface area contributed by atoms with Gasteiger partial charge in [0.05, 0.1) is 18.3 Å². The summed E-state index contributed by atoms with van der Waals surface area (Å²) in [6, 6.07) is 3.15. The van der Waals surface area contributed by atoms with E-state index < -0.39 is 6.09 Å². The minimum absolute atomic E-state index is 0.191. The summed E-state index contributed by atoms with van der Waals surface area (Å²) in [5, 5.41) is 23.4. The van der Waals surface area contributed by atoms with Crippen molar-refractivity contribution >= 4 is 17.8 Å². The highest BCUT2D eigenvalue weighted by atomic mass is 16.5. The van der Waals surface area contributed by atoms with Gasteiger partial charge in [-0.3, -0.25) is 19.5 Å². The predicted octanol–water partition coefficient (Wildman–Crippen LogP) is 2.15. The van der Waals surface area contributed by atoms with Gasteiger partial charge in [0, 0.05) is 31.3 Å². The van der Waals surface area contributed by atoms with Crippen LogP contribution in [0.5, 0.6) is 0 Å². The van der Waals surface area contributed by atoms with Gasteiger partial charge in [0.2, 0.25) is 0 Å². The minimum atomic E-state index is -0.898. The monoisotopic (exact) mass is 388 g/mol. The molecule has 3 N–H and O–H groups in total. The van der Waals surface area contributed by atoms with E-state index in [1.165, 1.54) is 4.68 Å². The molecule has 150 valence electrons. The number of carbonyl (C=O) groups excluding carboxylic acids is 1. The van der Waals surface area contributed by atoms with E-state index in [1.807, 2.05) is 6.92 Å². The lowest BCUT2D eigenvalue weighted by Crippen LogP contribution is -2.58. The SMILES string of the molecule is Cn1nccc1C(=O)Nc1cc([C@H]2C[C@@H](N(C(=O)O)C3(C)CCC3)CO2)[nH]n1. The molecular formula is C18H24N6O4. The molecule has 0 bridgehead atoms. The fourth-order valence-electron chi connectivity index (χ4n) is 4.11. The molecule has 1 saturated heterocycles. The Labute approximate surface area is 161 Å². The van der Waals surface area contributed by atoms with Crippen LogP contribution in [0.4, 0.5) is 10.6 Å². The molecule has 1 aliphatic carbocycles. The highest BCUT2D eigenvalue weighted by Gasteiger charge is 2.47. The number of aryl methyl sites for hydroxylation is 1. The Morgan fingerprint density at radius 1 is 1.46 bits per heavy atom. The van der Waals surface area contributed by atoms with Gasteiger partial charge in [0.15, 0.2) is 5.82 Å². The fourth-order valence-corrected chi connectivity index (χ4v) is 4.11. The number of rotatable bonds is 5. The Morgan fingerprint density at radius 3 is 2.86 bits per heavy atom. The van der Waals surface area contributed by atoms with Crippen LogP contribution in [-0.4, -0.2) is 60.2 Å². The van der Waals surface area contributed by atoms with Crippen molar-refractivity contribution in [3.05, 3.63) is 29.7 Å². The Morgan fingerprint density at radius 2 is 2.25 bits per heavy atom. The number of anilines is 1. The molecule has 28 heavy (non-hydrogen) atoms. The Hall–Kier alpha value is -2.88. The Bertz CT molecular complexity index is 886. The lowest BCUT2D eigenvalue weighted by molar-refractivity contribution is 0.00378. The van der Waals surface area contributed by atoms with Crippen molar-refractivity contribution in [2.24, 2.45) is 7.05 Å². The van der Waals surface area contributed by atoms with E-state index in [1.54, 1.807) is 30.3 Å². The van der Waals surface area contributed by atoms with E-state index in [-0.39, 0.29) is 23.6 Å². The number of ether oxygens (including phenoxy) is 1. The zero-order chi connectivity index (χ0) is 19.9. The molecule has 0 radical (unpaired) electrons. The number of aromatic amines is 1. The van der Waals surface area contributed by atoms with Crippen LogP contribution in [-0.2, 0) is 11.8 Å². The number of aromatic nitrogens is 4. The molecular weight excluding hydrogens is 364 g/mol. The average molecular weight is 388 g/mol. The zero-order valence-corrected chi connectivity index (χ0v) is 15.9. The topological polar surface area (TPSA) is 125 Å². The van der Waals surface area contributed by atoms with Crippen LogP contribution in [0.25, 0.3) is 0 Å². The molecule has 1 aliphatic heterocycles. The maximum Gasteiger partial charge on any atom is 0.408 e. The minimum Gasteiger partial charge on any atom is -0.465 e. The maximum atomic E-state index is 12.3. The summed E-state index contributed by atoms with van der Waals surface area (Å²) in [6.45, 7) is 2.35. The van der Waals surface area contributed by atoms with Crippen molar-refractivity contribution < 1.29 is 19.4 Å². The van der Waals surface area contributed by atoms with Gasteiger partial charge in [-0.15, -0.1) is 0 Å². The normalized spacial score (nSPS) is 23.2. The van der Waals surface area contributed by atoms with E-state index in [4.69, 9.17) is 4.74 Å². The van der Waals surface area contributed by atoms with E-state index in [9.17, 15) is 14.7 Å². The second kappa shape index (κ2) is 6.93. The first-order valence-corrected chi connectivity index (χ1v) is 9.36. The van der Waals surface area contributed by atoms with Crippen LogP contribution in [0.3, 0.4) is 0 Å². The Balaban J connectivity index is 1.41. The van der Waals surface area contributed by atoms with Crippen LogP contribution in [0, 0.1) is 0 Å². The molecule has 0 aromatic carbocycles. The van der Waals surface area contributed by atoms with Crippen molar-refractivity contribution in [1.82, 2.24) is 24.9 Å². The van der Waals surface area contributed by atoms with E-state index in [2.05, 4.69) is 20.6 Å². The molecule has 2 amide bonds. The summed E-state index contributed by atoms with van der Waals surface area (Å²) < 4.78 is 7.33. The number of amides is 2. The number of hydrogen-bond donors (Lipinski definition) is 3. The first-order chi connectivity index (χ1) is 13.4. The van der Waals surface area contributed by atoms with Crippen LogP contribution in [0.2, 0.25) is 0 Å². The third kappa shape index (κ3) is 3.24. The third-order valence-electron chi connectivity index (χ3n) is 5.80. The lowest BCUT2D eigenvalue weighted by Gasteiger charge is -2.48. The van der Waals surface area contributed by atoms with Gasteiger partial charge in [-0.25, -0.2) is 4.79 Å². The number of hydrogen-bond acceptors (Lipinski definition) is 5. The molecule has 10 heteroatoms. The summed E-state index contributed by atoms with van der Waals surface area (Å²) >= 11 is 0. The van der Waals surface area contributed by atoms with Gasteiger partial charge in [0.25, 0.3) is 5.91 Å². The third-order valence-corrected chi connectivity index (χ3v) is 5.80. The summed E-state index contributed by atoms with van der Waals surface area (Å²) in [5.74, 6) is 0.0764. The standard InChI is InChI=1S/C18H24N6O4/c1-18(5-3-6-18)24(17(26)27)11-8-14(28-10-11)12-9-15(22-21-12)20-16(25)13-4-7-19-23(13)2/h4,7,9,11,14H,3,5-6,8,10H2,1-2H3,(H,26,27)(H2,20,21,22,25)/t11-,14-/m1/s1. The van der Waals surface area contributed by atoms with E-state index >= 15 is 0 Å². The maximum absolute atomic E-state index is 12.3. The molecule has 2 atom stereocenters. The summed E-state index contributed by atoms with van der Waals surface area (Å²) in [4.78, 5) is 25.7. The van der Waals surface area contributed by atoms with Gasteiger partial charge in [-0.05, 0) is 32.3 Å². The lowest BCUT2D eigenvalue weighted by atomic mass is 9.76. The molecule has 2 aromatic rings. The molecule has 0 spiro atoms. The first-order valence-electron chi connectivity index (χ1n) is 9.36. The predicted molar refractivity (Wildman–Crippen MR) is 99.0 cm³/mol. The highest BCUT2D eigenvalue weighted by molar-refractivity contribution is 6.02. The van der Waals surface area contributed by atoms with E-state index in [0.29, 0.717) is 30.2 Å². The molecule has 2 aliphatic rings. The molecule has 10 nitrogen and oxygen atoms in total. The smallest absolute Gasteiger partial charge is 0.408 e. The van der Waals surface area contributed by atoms with Crippen molar-refractivity contribution in [2.45, 2.75) is 50.3 Å². The number of nitrogens with zero attached hydrogens (tertiary/aromatic N) is 4. The largest absolute Gasteiger partial charge is 0.465 e. The van der Waals surface area contributed by atoms with Crippen LogP contribution in [0.15, 0.2) is 18.3 Å². The molecule has 0 unspecified atom stereocenters. The quantitative estimate of drug-likeness (QED) is 0.721. The number of nitrogens with one attached hydrogen (secondary N) is 2. The number of carbonyl (C=O) groups is 2. The average Bonchev–Trinajstić information content (AvgIpc) is 3.34. The van der Waals surface area contributed by atoms with Gasteiger partial charge in [-0.2, -0.15) is 10.2 Å². The molecule has 4 rings (SSSR count). The summed E-state index contributed by atoms with van der Waals surface area (Å²) in [6.07, 6.45) is 3.74. The zero-order valence-electron chi connectivity index (χ0n) is 15.9. The Kier molecular flexibility index (Phi) is 4.58. The van der Waals surface area contributed by atoms with Crippen LogP contribution < -0.4 is 5.32 Å². The van der Waals surface area contributed by atoms with Gasteiger partial charge in [0.1, 0.15) is 11.8 Å². The number of carboxylic acid groups (broad SMARTS) is 1. The van der Waals surface area contributed by atoms with Crippen molar-refractivity contribution in [2.75, 3.05) is 11.9 Å². The highest BCUT2D eigenvalue weighted by Crippen LogP contribution is 2.42. The van der Waals surface area contributed by atoms with E-state index in [0.717, 1.165) is 19.3 Å². The molecule has 1 saturated carbocycles. The summed E-state index contributed by atoms with van der Waals surface area (Å²) in [7, 11) is 1.69. The van der Waals surface area contributed by atoms with Gasteiger partial charge >= 0.3 is 6.09 Å². The molecule has 2 fully saturated rings. The van der Waals surface area contributed by atoms with Crippen LogP contribution >= 0.6 is 0 Å². The first kappa shape index (κ1) is 18.5. The summed E-state index contributed by atoms with van der Waals surface area (Å²) in [5.41, 5.74) is 0.838. The van der Waals surface area contributed by atoms with Crippen molar-refractivity contribution in [3.8, 4) is 0 Å². The van der Waals surface area contributed by atoms with Crippen molar-refractivity contribution in [3.63, 3.8) is 0 Å². The van der Waals surface area contributed by atoms with Crippen LogP contribution in [0.1, 0.15) is 54.9 Å². The van der Waals surface area contributed by atoms with Crippen molar-refractivity contribution in [1.29, 1.82) is 0 Å². The second-order valence-corrected chi connectivity index (χ2v) is 7.72. The fraction of sp³-hybridized carbons (Fsp3) is 0.556. The van der Waals surface area contributed by atoms with Gasteiger partial charge < -0.3 is 15.2 Å². The number of H-pyrrole nitrogens is 1.